The lowest BCUT2D eigenvalue weighted by atomic mass is 9.84. The van der Waals surface area contributed by atoms with E-state index in [1.807, 2.05) is 0 Å². The summed E-state index contributed by atoms with van der Waals surface area (Å²) in [7, 11) is 3.47. The highest BCUT2D eigenvalue weighted by Crippen LogP contribution is 2.38. The predicted octanol–water partition coefficient (Wildman–Crippen LogP) is 5.97. The second-order valence-corrected chi connectivity index (χ2v) is 8.33. The monoisotopic (exact) mass is 326 g/mol. The Hall–Kier alpha value is -1.96. The molecule has 0 aliphatic rings. The van der Waals surface area contributed by atoms with Crippen LogP contribution < -0.4 is 9.47 Å². The highest BCUT2D eigenvalue weighted by atomic mass is 16.5. The lowest BCUT2D eigenvalue weighted by molar-refractivity contribution is 0.397. The van der Waals surface area contributed by atoms with Gasteiger partial charge in [0.1, 0.15) is 11.5 Å². The van der Waals surface area contributed by atoms with Gasteiger partial charge in [-0.2, -0.15) is 0 Å². The van der Waals surface area contributed by atoms with Crippen LogP contribution >= 0.6 is 0 Å². The van der Waals surface area contributed by atoms with Crippen LogP contribution in [0.2, 0.25) is 0 Å². The van der Waals surface area contributed by atoms with E-state index in [1.54, 1.807) is 14.2 Å². The van der Waals surface area contributed by atoms with E-state index in [-0.39, 0.29) is 10.8 Å². The SMILES string of the molecule is COc1cc(-c2ccc(C(C)(C)C)c(OC)c2)ccc1C(C)(C)C. The highest BCUT2D eigenvalue weighted by molar-refractivity contribution is 5.69. The molecule has 0 saturated carbocycles. The first kappa shape index (κ1) is 18.4. The molecule has 0 radical (unpaired) electrons. The Morgan fingerprint density at radius 1 is 0.583 bits per heavy atom. The lowest BCUT2D eigenvalue weighted by Gasteiger charge is -2.24. The summed E-state index contributed by atoms with van der Waals surface area (Å²) in [6, 6.07) is 12.9. The van der Waals surface area contributed by atoms with Crippen LogP contribution in [0.25, 0.3) is 11.1 Å². The van der Waals surface area contributed by atoms with Crippen molar-refractivity contribution in [2.75, 3.05) is 14.2 Å². The summed E-state index contributed by atoms with van der Waals surface area (Å²) in [5.41, 5.74) is 4.81. The third kappa shape index (κ3) is 3.75. The fourth-order valence-corrected chi connectivity index (χ4v) is 2.98. The van der Waals surface area contributed by atoms with Gasteiger partial charge in [-0.25, -0.2) is 0 Å². The van der Waals surface area contributed by atoms with E-state index in [1.165, 1.54) is 11.1 Å². The molecule has 2 heteroatoms. The van der Waals surface area contributed by atoms with Crippen molar-refractivity contribution in [2.24, 2.45) is 0 Å². The Morgan fingerprint density at radius 3 is 1.17 bits per heavy atom. The minimum absolute atomic E-state index is 0.0532. The van der Waals surface area contributed by atoms with Crippen LogP contribution in [0.4, 0.5) is 0 Å². The van der Waals surface area contributed by atoms with Crippen LogP contribution in [0, 0.1) is 0 Å². The number of benzene rings is 2. The average molecular weight is 326 g/mol. The molecule has 2 nitrogen and oxygen atoms in total. The van der Waals surface area contributed by atoms with Crippen molar-refractivity contribution in [3.05, 3.63) is 47.5 Å². The average Bonchev–Trinajstić information content (AvgIpc) is 2.51. The van der Waals surface area contributed by atoms with Gasteiger partial charge >= 0.3 is 0 Å². The maximum absolute atomic E-state index is 5.64. The van der Waals surface area contributed by atoms with Crippen LogP contribution in [-0.4, -0.2) is 14.2 Å². The van der Waals surface area contributed by atoms with E-state index in [9.17, 15) is 0 Å². The van der Waals surface area contributed by atoms with Gasteiger partial charge in [-0.3, -0.25) is 0 Å². The molecule has 0 N–H and O–H groups in total. The molecule has 0 aliphatic heterocycles. The Morgan fingerprint density at radius 2 is 0.917 bits per heavy atom. The Bertz CT molecular complexity index is 652. The van der Waals surface area contributed by atoms with Gasteiger partial charge in [-0.15, -0.1) is 0 Å². The van der Waals surface area contributed by atoms with E-state index < -0.39 is 0 Å². The molecule has 24 heavy (non-hydrogen) atoms. The number of hydrogen-bond acceptors (Lipinski definition) is 2. The molecule has 0 saturated heterocycles. The van der Waals surface area contributed by atoms with Crippen LogP contribution in [0.1, 0.15) is 52.7 Å². The number of hydrogen-bond donors (Lipinski definition) is 0. The van der Waals surface area contributed by atoms with E-state index in [4.69, 9.17) is 9.47 Å². The smallest absolute Gasteiger partial charge is 0.123 e. The zero-order valence-electron chi connectivity index (χ0n) is 16.3. The molecule has 0 atom stereocenters. The fourth-order valence-electron chi connectivity index (χ4n) is 2.98. The molecule has 130 valence electrons. The molecule has 0 bridgehead atoms. The Kier molecular flexibility index (Phi) is 4.98. The highest BCUT2D eigenvalue weighted by Gasteiger charge is 2.21. The molecular weight excluding hydrogens is 296 g/mol. The van der Waals surface area contributed by atoms with Crippen LogP contribution in [0.15, 0.2) is 36.4 Å². The lowest BCUT2D eigenvalue weighted by Crippen LogP contribution is -2.13. The van der Waals surface area contributed by atoms with Crippen LogP contribution in [0.3, 0.4) is 0 Å². The summed E-state index contributed by atoms with van der Waals surface area (Å²) in [6.07, 6.45) is 0. The molecule has 0 spiro atoms. The summed E-state index contributed by atoms with van der Waals surface area (Å²) in [5.74, 6) is 1.86. The van der Waals surface area contributed by atoms with Gasteiger partial charge in [0.25, 0.3) is 0 Å². The molecule has 0 aromatic heterocycles. The van der Waals surface area contributed by atoms with Crippen molar-refractivity contribution < 1.29 is 9.47 Å². The van der Waals surface area contributed by atoms with Crippen molar-refractivity contribution in [2.45, 2.75) is 52.4 Å². The normalized spacial score (nSPS) is 12.2. The van der Waals surface area contributed by atoms with Gasteiger partial charge in [-0.05, 0) is 45.2 Å². The van der Waals surface area contributed by atoms with E-state index in [2.05, 4.69) is 77.9 Å². The summed E-state index contributed by atoms with van der Waals surface area (Å²) < 4.78 is 11.3. The van der Waals surface area contributed by atoms with Gasteiger partial charge < -0.3 is 9.47 Å². The van der Waals surface area contributed by atoms with Crippen molar-refractivity contribution in [1.82, 2.24) is 0 Å². The third-order valence-electron chi connectivity index (χ3n) is 4.35. The summed E-state index contributed by atoms with van der Waals surface area (Å²) >= 11 is 0. The minimum Gasteiger partial charge on any atom is -0.496 e. The quantitative estimate of drug-likeness (QED) is 0.692. The van der Waals surface area contributed by atoms with Crippen LogP contribution in [-0.2, 0) is 10.8 Å². The third-order valence-corrected chi connectivity index (χ3v) is 4.35. The predicted molar refractivity (Wildman–Crippen MR) is 102 cm³/mol. The fraction of sp³-hybridized carbons (Fsp3) is 0.455. The molecule has 0 amide bonds. The maximum atomic E-state index is 5.64. The Labute approximate surface area is 146 Å². The Balaban J connectivity index is 2.53. The standard InChI is InChI=1S/C22H30O2/c1-21(2,3)17-11-9-15(13-19(17)23-7)16-10-12-18(22(4,5)6)20(14-16)24-8/h9-14H,1-8H3. The van der Waals surface area contributed by atoms with E-state index in [0.29, 0.717) is 0 Å². The van der Waals surface area contributed by atoms with E-state index in [0.717, 1.165) is 22.6 Å². The van der Waals surface area contributed by atoms with Crippen molar-refractivity contribution in [1.29, 1.82) is 0 Å². The van der Waals surface area contributed by atoms with E-state index >= 15 is 0 Å². The van der Waals surface area contributed by atoms with Crippen LogP contribution in [0.5, 0.6) is 11.5 Å². The molecule has 0 aliphatic carbocycles. The topological polar surface area (TPSA) is 18.5 Å². The summed E-state index contributed by atoms with van der Waals surface area (Å²) in [5, 5.41) is 0. The zero-order chi connectivity index (χ0) is 18.1. The van der Waals surface area contributed by atoms with Gasteiger partial charge in [-0.1, -0.05) is 65.8 Å². The minimum atomic E-state index is 0.0532. The van der Waals surface area contributed by atoms with Crippen molar-refractivity contribution >= 4 is 0 Å². The van der Waals surface area contributed by atoms with Crippen molar-refractivity contribution in [3.63, 3.8) is 0 Å². The number of rotatable bonds is 3. The number of ether oxygens (including phenoxy) is 2. The molecular formula is C22H30O2. The van der Waals surface area contributed by atoms with Gasteiger partial charge in [0.05, 0.1) is 14.2 Å². The second kappa shape index (κ2) is 6.51. The first-order valence-electron chi connectivity index (χ1n) is 8.45. The molecule has 0 unspecified atom stereocenters. The second-order valence-electron chi connectivity index (χ2n) is 8.33. The van der Waals surface area contributed by atoms with Gasteiger partial charge in [0, 0.05) is 0 Å². The first-order chi connectivity index (χ1) is 11.1. The zero-order valence-corrected chi connectivity index (χ0v) is 16.3. The first-order valence-corrected chi connectivity index (χ1v) is 8.45. The van der Waals surface area contributed by atoms with Crippen molar-refractivity contribution in [3.8, 4) is 22.6 Å². The number of methoxy groups -OCH3 is 2. The molecule has 0 fully saturated rings. The largest absolute Gasteiger partial charge is 0.496 e. The van der Waals surface area contributed by atoms with Gasteiger partial charge in [0.15, 0.2) is 0 Å². The maximum Gasteiger partial charge on any atom is 0.123 e. The molecule has 2 rings (SSSR count). The summed E-state index contributed by atoms with van der Waals surface area (Å²) in [4.78, 5) is 0. The summed E-state index contributed by atoms with van der Waals surface area (Å²) in [6.45, 7) is 13.2. The molecule has 2 aromatic rings. The molecule has 0 heterocycles. The van der Waals surface area contributed by atoms with Gasteiger partial charge in [0.2, 0.25) is 0 Å². The molecule has 2 aromatic carbocycles.